The van der Waals surface area contributed by atoms with Crippen LogP contribution < -0.4 is 10.9 Å². The SMILES string of the molecule is CCc1ccc(C(=O)NCCc2nc3ccccc3c(=O)[nH]2)cc1. The number of aromatic nitrogens is 2. The summed E-state index contributed by atoms with van der Waals surface area (Å²) in [5, 5.41) is 3.42. The van der Waals surface area contributed by atoms with E-state index >= 15 is 0 Å². The highest BCUT2D eigenvalue weighted by Gasteiger charge is 2.06. The van der Waals surface area contributed by atoms with Gasteiger partial charge in [-0.15, -0.1) is 0 Å². The Balaban J connectivity index is 1.63. The van der Waals surface area contributed by atoms with E-state index in [9.17, 15) is 9.59 Å². The van der Waals surface area contributed by atoms with Gasteiger partial charge in [0.25, 0.3) is 11.5 Å². The molecule has 0 aliphatic rings. The first kappa shape index (κ1) is 15.9. The summed E-state index contributed by atoms with van der Waals surface area (Å²) in [6, 6.07) is 14.8. The lowest BCUT2D eigenvalue weighted by Crippen LogP contribution is -2.26. The maximum atomic E-state index is 12.1. The van der Waals surface area contributed by atoms with Gasteiger partial charge < -0.3 is 10.3 Å². The molecule has 0 unspecified atom stereocenters. The largest absolute Gasteiger partial charge is 0.352 e. The molecule has 0 atom stereocenters. The summed E-state index contributed by atoms with van der Waals surface area (Å²) in [6.45, 7) is 2.49. The van der Waals surface area contributed by atoms with E-state index in [-0.39, 0.29) is 11.5 Å². The average Bonchev–Trinajstić information content (AvgIpc) is 2.62. The minimum absolute atomic E-state index is 0.124. The van der Waals surface area contributed by atoms with Crippen LogP contribution in [0.1, 0.15) is 28.7 Å². The Hall–Kier alpha value is -2.95. The number of carbonyl (C=O) groups is 1. The molecule has 0 saturated carbocycles. The van der Waals surface area contributed by atoms with Crippen LogP contribution in [0.2, 0.25) is 0 Å². The molecule has 5 nitrogen and oxygen atoms in total. The van der Waals surface area contributed by atoms with Crippen LogP contribution in [-0.2, 0) is 12.8 Å². The molecule has 0 aliphatic carbocycles. The highest BCUT2D eigenvalue weighted by Crippen LogP contribution is 2.06. The molecule has 0 saturated heterocycles. The number of amides is 1. The maximum Gasteiger partial charge on any atom is 0.258 e. The third kappa shape index (κ3) is 3.51. The normalized spacial score (nSPS) is 10.7. The van der Waals surface area contributed by atoms with Crippen LogP contribution in [0.4, 0.5) is 0 Å². The lowest BCUT2D eigenvalue weighted by Gasteiger charge is -2.06. The fourth-order valence-corrected chi connectivity index (χ4v) is 2.54. The average molecular weight is 321 g/mol. The Morgan fingerprint density at radius 3 is 2.62 bits per heavy atom. The summed E-state index contributed by atoms with van der Waals surface area (Å²) in [6.07, 6.45) is 1.42. The van der Waals surface area contributed by atoms with Crippen molar-refractivity contribution in [1.29, 1.82) is 0 Å². The molecule has 0 radical (unpaired) electrons. The van der Waals surface area contributed by atoms with E-state index in [1.165, 1.54) is 5.56 Å². The van der Waals surface area contributed by atoms with Gasteiger partial charge in [0.2, 0.25) is 0 Å². The van der Waals surface area contributed by atoms with Crippen molar-refractivity contribution in [2.75, 3.05) is 6.54 Å². The van der Waals surface area contributed by atoms with E-state index in [4.69, 9.17) is 0 Å². The van der Waals surface area contributed by atoms with Crippen molar-refractivity contribution in [1.82, 2.24) is 15.3 Å². The van der Waals surface area contributed by atoms with E-state index in [1.54, 1.807) is 6.07 Å². The zero-order valence-electron chi connectivity index (χ0n) is 13.5. The van der Waals surface area contributed by atoms with E-state index in [1.807, 2.05) is 42.5 Å². The number of hydrogen-bond donors (Lipinski definition) is 2. The van der Waals surface area contributed by atoms with E-state index in [2.05, 4.69) is 22.2 Å². The molecule has 3 rings (SSSR count). The first-order valence-corrected chi connectivity index (χ1v) is 8.02. The lowest BCUT2D eigenvalue weighted by molar-refractivity contribution is 0.0954. The molecule has 2 aromatic carbocycles. The molecule has 2 N–H and O–H groups in total. The smallest absolute Gasteiger partial charge is 0.258 e. The molecular formula is C19H19N3O2. The third-order valence-electron chi connectivity index (χ3n) is 3.93. The fraction of sp³-hybridized carbons (Fsp3) is 0.211. The van der Waals surface area contributed by atoms with Crippen molar-refractivity contribution in [2.45, 2.75) is 19.8 Å². The van der Waals surface area contributed by atoms with Gasteiger partial charge in [-0.3, -0.25) is 9.59 Å². The monoisotopic (exact) mass is 321 g/mol. The quantitative estimate of drug-likeness (QED) is 0.758. The Morgan fingerprint density at radius 2 is 1.88 bits per heavy atom. The van der Waals surface area contributed by atoms with Crippen molar-refractivity contribution in [3.63, 3.8) is 0 Å². The number of fused-ring (bicyclic) bond motifs is 1. The van der Waals surface area contributed by atoms with Crippen molar-refractivity contribution < 1.29 is 4.79 Å². The van der Waals surface area contributed by atoms with E-state index < -0.39 is 0 Å². The van der Waals surface area contributed by atoms with Crippen molar-refractivity contribution >= 4 is 16.8 Å². The zero-order chi connectivity index (χ0) is 16.9. The molecule has 0 fully saturated rings. The molecule has 1 amide bonds. The Morgan fingerprint density at radius 1 is 1.12 bits per heavy atom. The summed E-state index contributed by atoms with van der Waals surface area (Å²) in [7, 11) is 0. The number of nitrogens with one attached hydrogen (secondary N) is 2. The third-order valence-corrected chi connectivity index (χ3v) is 3.93. The molecule has 3 aromatic rings. The molecule has 0 spiro atoms. The first-order valence-electron chi connectivity index (χ1n) is 8.02. The Bertz CT molecular complexity index is 914. The second-order valence-corrected chi connectivity index (χ2v) is 5.59. The predicted octanol–water partition coefficient (Wildman–Crippen LogP) is 2.46. The number of H-pyrrole nitrogens is 1. The zero-order valence-corrected chi connectivity index (χ0v) is 13.5. The molecule has 1 heterocycles. The van der Waals surface area contributed by atoms with Crippen molar-refractivity contribution in [3.8, 4) is 0 Å². The number of aromatic amines is 1. The predicted molar refractivity (Wildman–Crippen MR) is 94.2 cm³/mol. The lowest BCUT2D eigenvalue weighted by atomic mass is 10.1. The summed E-state index contributed by atoms with van der Waals surface area (Å²) in [4.78, 5) is 31.3. The summed E-state index contributed by atoms with van der Waals surface area (Å²) < 4.78 is 0. The van der Waals surface area contributed by atoms with Crippen LogP contribution in [0.5, 0.6) is 0 Å². The molecular weight excluding hydrogens is 302 g/mol. The maximum absolute atomic E-state index is 12.1. The fourth-order valence-electron chi connectivity index (χ4n) is 2.54. The van der Waals surface area contributed by atoms with Crippen LogP contribution in [0.25, 0.3) is 10.9 Å². The number of hydrogen-bond acceptors (Lipinski definition) is 3. The van der Waals surface area contributed by atoms with Gasteiger partial charge in [-0.2, -0.15) is 0 Å². The van der Waals surface area contributed by atoms with Gasteiger partial charge in [0.05, 0.1) is 10.9 Å². The van der Waals surface area contributed by atoms with Crippen LogP contribution in [0.15, 0.2) is 53.3 Å². The van der Waals surface area contributed by atoms with Gasteiger partial charge in [0, 0.05) is 18.5 Å². The highest BCUT2D eigenvalue weighted by atomic mass is 16.1. The Labute approximate surface area is 139 Å². The standard InChI is InChI=1S/C19H19N3O2/c1-2-13-7-9-14(10-8-13)18(23)20-12-11-17-21-16-6-4-3-5-15(16)19(24)22-17/h3-10H,2,11-12H2,1H3,(H,20,23)(H,21,22,24). The second-order valence-electron chi connectivity index (χ2n) is 5.59. The van der Waals surface area contributed by atoms with E-state index in [0.29, 0.717) is 35.3 Å². The van der Waals surface area contributed by atoms with Gasteiger partial charge >= 0.3 is 0 Å². The summed E-state index contributed by atoms with van der Waals surface area (Å²) >= 11 is 0. The molecule has 5 heteroatoms. The van der Waals surface area contributed by atoms with Gasteiger partial charge in [0.1, 0.15) is 5.82 Å². The van der Waals surface area contributed by atoms with Crippen molar-refractivity contribution in [3.05, 3.63) is 75.8 Å². The number of para-hydroxylation sites is 1. The van der Waals surface area contributed by atoms with Gasteiger partial charge in [0.15, 0.2) is 0 Å². The number of rotatable bonds is 5. The first-order chi connectivity index (χ1) is 11.7. The highest BCUT2D eigenvalue weighted by molar-refractivity contribution is 5.94. The van der Waals surface area contributed by atoms with Crippen molar-refractivity contribution in [2.24, 2.45) is 0 Å². The topological polar surface area (TPSA) is 74.8 Å². The molecule has 0 aliphatic heterocycles. The molecule has 24 heavy (non-hydrogen) atoms. The number of nitrogens with zero attached hydrogens (tertiary/aromatic N) is 1. The second kappa shape index (κ2) is 7.08. The van der Waals surface area contributed by atoms with Crippen LogP contribution >= 0.6 is 0 Å². The minimum Gasteiger partial charge on any atom is -0.352 e. The molecule has 0 bridgehead atoms. The van der Waals surface area contributed by atoms with Gasteiger partial charge in [-0.05, 0) is 36.2 Å². The van der Waals surface area contributed by atoms with Gasteiger partial charge in [-0.25, -0.2) is 4.98 Å². The van der Waals surface area contributed by atoms with Crippen LogP contribution in [-0.4, -0.2) is 22.4 Å². The van der Waals surface area contributed by atoms with Gasteiger partial charge in [-0.1, -0.05) is 31.2 Å². The minimum atomic E-state index is -0.155. The number of carbonyl (C=O) groups excluding carboxylic acids is 1. The molecule has 1 aromatic heterocycles. The van der Waals surface area contributed by atoms with E-state index in [0.717, 1.165) is 6.42 Å². The summed E-state index contributed by atoms with van der Waals surface area (Å²) in [5.74, 6) is 0.445. The van der Waals surface area contributed by atoms with Crippen LogP contribution in [0, 0.1) is 0 Å². The number of benzene rings is 2. The Kier molecular flexibility index (Phi) is 4.70. The number of aryl methyl sites for hydroxylation is 1. The summed E-state index contributed by atoms with van der Waals surface area (Å²) in [5.41, 5.74) is 2.34. The van der Waals surface area contributed by atoms with Crippen LogP contribution in [0.3, 0.4) is 0 Å². The molecule has 122 valence electrons.